The van der Waals surface area contributed by atoms with Crippen molar-refractivity contribution < 1.29 is 9.59 Å². The van der Waals surface area contributed by atoms with E-state index in [0.717, 1.165) is 39.0 Å². The molecule has 0 radical (unpaired) electrons. The molecule has 2 amide bonds. The number of thiazole rings is 1. The first-order chi connectivity index (χ1) is 14.5. The first kappa shape index (κ1) is 22.1. The van der Waals surface area contributed by atoms with Crippen molar-refractivity contribution >= 4 is 40.6 Å². The number of para-hydroxylation sites is 1. The van der Waals surface area contributed by atoms with Crippen molar-refractivity contribution in [2.45, 2.75) is 30.4 Å². The second-order valence-electron chi connectivity index (χ2n) is 6.96. The maximum atomic E-state index is 12.7. The largest absolute Gasteiger partial charge is 0.332 e. The predicted octanol–water partition coefficient (Wildman–Crippen LogP) is 5.02. The number of thioether (sulfide) groups is 1. The minimum absolute atomic E-state index is 0.00210. The summed E-state index contributed by atoms with van der Waals surface area (Å²) in [5.74, 6) is 0.415. The van der Waals surface area contributed by atoms with Crippen LogP contribution in [0, 0.1) is 6.92 Å². The lowest BCUT2D eigenvalue weighted by Crippen LogP contribution is -2.35. The summed E-state index contributed by atoms with van der Waals surface area (Å²) in [6, 6.07) is 15.2. The summed E-state index contributed by atoms with van der Waals surface area (Å²) in [7, 11) is 1.64. The van der Waals surface area contributed by atoms with Crippen LogP contribution in [0.3, 0.4) is 0 Å². The summed E-state index contributed by atoms with van der Waals surface area (Å²) >= 11 is 3.33. The van der Waals surface area contributed by atoms with Gasteiger partial charge in [-0.2, -0.15) is 0 Å². The Morgan fingerprint density at radius 3 is 2.53 bits per heavy atom. The van der Waals surface area contributed by atoms with E-state index >= 15 is 0 Å². The van der Waals surface area contributed by atoms with E-state index in [1.54, 1.807) is 30.1 Å². The van der Waals surface area contributed by atoms with E-state index in [-0.39, 0.29) is 18.4 Å². The third-order valence-corrected chi connectivity index (χ3v) is 6.77. The second-order valence-corrected chi connectivity index (χ2v) is 9.04. The zero-order chi connectivity index (χ0) is 21.5. The fourth-order valence-electron chi connectivity index (χ4n) is 2.94. The molecule has 1 heterocycles. The molecule has 30 heavy (non-hydrogen) atoms. The van der Waals surface area contributed by atoms with Crippen LogP contribution in [0.5, 0.6) is 0 Å². The zero-order valence-corrected chi connectivity index (χ0v) is 19.0. The van der Waals surface area contributed by atoms with Gasteiger partial charge in [0.15, 0.2) is 0 Å². The van der Waals surface area contributed by atoms with Gasteiger partial charge in [0.2, 0.25) is 5.91 Å². The highest BCUT2D eigenvalue weighted by Crippen LogP contribution is 2.26. The molecule has 1 aromatic heterocycles. The third-order valence-electron chi connectivity index (χ3n) is 4.56. The van der Waals surface area contributed by atoms with Crippen LogP contribution >= 0.6 is 23.1 Å². The van der Waals surface area contributed by atoms with Gasteiger partial charge in [0.1, 0.15) is 4.34 Å². The van der Waals surface area contributed by atoms with Crippen LogP contribution in [-0.2, 0) is 17.0 Å². The SMILES string of the molecule is CCc1ccccc1NC(=O)CN(C)C(=O)c1ccc(CSc2nc(C)cs2)cc1. The molecular weight excluding hydrogens is 414 g/mol. The van der Waals surface area contributed by atoms with Crippen LogP contribution in [-0.4, -0.2) is 35.3 Å². The average Bonchev–Trinajstić information content (AvgIpc) is 3.17. The maximum Gasteiger partial charge on any atom is 0.254 e. The Balaban J connectivity index is 1.54. The van der Waals surface area contributed by atoms with Crippen molar-refractivity contribution in [2.24, 2.45) is 0 Å². The van der Waals surface area contributed by atoms with Crippen LogP contribution in [0.2, 0.25) is 0 Å². The molecule has 5 nitrogen and oxygen atoms in total. The molecule has 0 spiro atoms. The van der Waals surface area contributed by atoms with E-state index in [1.165, 1.54) is 4.90 Å². The van der Waals surface area contributed by atoms with Crippen LogP contribution < -0.4 is 5.32 Å². The van der Waals surface area contributed by atoms with Crippen molar-refractivity contribution in [3.05, 3.63) is 76.3 Å². The Hall–Kier alpha value is -2.64. The second kappa shape index (κ2) is 10.4. The van der Waals surface area contributed by atoms with Crippen molar-refractivity contribution in [3.8, 4) is 0 Å². The van der Waals surface area contributed by atoms with Gasteiger partial charge in [-0.25, -0.2) is 4.98 Å². The van der Waals surface area contributed by atoms with Crippen molar-refractivity contribution in [2.75, 3.05) is 18.9 Å². The van der Waals surface area contributed by atoms with Gasteiger partial charge in [-0.1, -0.05) is 49.0 Å². The number of benzene rings is 2. The Morgan fingerprint density at radius 2 is 1.87 bits per heavy atom. The fourth-order valence-corrected chi connectivity index (χ4v) is 4.74. The summed E-state index contributed by atoms with van der Waals surface area (Å²) in [5, 5.41) is 4.94. The number of hydrogen-bond donors (Lipinski definition) is 1. The normalized spacial score (nSPS) is 10.6. The van der Waals surface area contributed by atoms with Gasteiger partial charge in [-0.05, 0) is 42.7 Å². The number of carbonyl (C=O) groups excluding carboxylic acids is 2. The minimum atomic E-state index is -0.210. The topological polar surface area (TPSA) is 62.3 Å². The molecule has 2 aromatic carbocycles. The average molecular weight is 440 g/mol. The maximum absolute atomic E-state index is 12.7. The van der Waals surface area contributed by atoms with Gasteiger partial charge in [-0.15, -0.1) is 11.3 Å². The van der Waals surface area contributed by atoms with Crippen molar-refractivity contribution in [1.82, 2.24) is 9.88 Å². The molecule has 156 valence electrons. The smallest absolute Gasteiger partial charge is 0.254 e. The third kappa shape index (κ3) is 5.93. The molecule has 0 aliphatic heterocycles. The summed E-state index contributed by atoms with van der Waals surface area (Å²) in [6.45, 7) is 4.03. The summed E-state index contributed by atoms with van der Waals surface area (Å²) in [6.07, 6.45) is 0.831. The number of carbonyl (C=O) groups is 2. The van der Waals surface area contributed by atoms with E-state index in [4.69, 9.17) is 0 Å². The highest BCUT2D eigenvalue weighted by Gasteiger charge is 2.16. The van der Waals surface area contributed by atoms with Gasteiger partial charge in [0.25, 0.3) is 5.91 Å². The number of aryl methyl sites for hydroxylation is 2. The van der Waals surface area contributed by atoms with E-state index < -0.39 is 0 Å². The first-order valence-electron chi connectivity index (χ1n) is 9.73. The lowest BCUT2D eigenvalue weighted by molar-refractivity contribution is -0.116. The number of aromatic nitrogens is 1. The van der Waals surface area contributed by atoms with E-state index in [0.29, 0.717) is 5.56 Å². The molecule has 3 aromatic rings. The molecule has 0 unspecified atom stereocenters. The Bertz CT molecular complexity index is 1020. The van der Waals surface area contributed by atoms with Gasteiger partial charge in [-0.3, -0.25) is 9.59 Å². The van der Waals surface area contributed by atoms with Gasteiger partial charge in [0, 0.05) is 35.1 Å². The van der Waals surface area contributed by atoms with E-state index in [1.807, 2.05) is 67.8 Å². The number of anilines is 1. The molecule has 0 aliphatic rings. The Kier molecular flexibility index (Phi) is 7.65. The number of amides is 2. The van der Waals surface area contributed by atoms with Crippen LogP contribution in [0.15, 0.2) is 58.3 Å². The van der Waals surface area contributed by atoms with Crippen LogP contribution in [0.4, 0.5) is 5.69 Å². The molecule has 0 fully saturated rings. The predicted molar refractivity (Wildman–Crippen MR) is 124 cm³/mol. The molecule has 1 N–H and O–H groups in total. The lowest BCUT2D eigenvalue weighted by atomic mass is 10.1. The van der Waals surface area contributed by atoms with Gasteiger partial charge < -0.3 is 10.2 Å². The molecule has 0 saturated heterocycles. The molecule has 0 atom stereocenters. The number of likely N-dealkylation sites (N-methyl/N-ethyl adjacent to an activating group) is 1. The summed E-state index contributed by atoms with van der Waals surface area (Å²) in [4.78, 5) is 31.0. The summed E-state index contributed by atoms with van der Waals surface area (Å²) < 4.78 is 1.04. The lowest BCUT2D eigenvalue weighted by Gasteiger charge is -2.18. The molecular formula is C23H25N3O2S2. The zero-order valence-electron chi connectivity index (χ0n) is 17.3. The van der Waals surface area contributed by atoms with Crippen molar-refractivity contribution in [1.29, 1.82) is 0 Å². The highest BCUT2D eigenvalue weighted by atomic mass is 32.2. The van der Waals surface area contributed by atoms with Crippen LogP contribution in [0.1, 0.15) is 34.1 Å². The highest BCUT2D eigenvalue weighted by molar-refractivity contribution is 8.00. The Morgan fingerprint density at radius 1 is 1.13 bits per heavy atom. The molecule has 3 rings (SSSR count). The van der Waals surface area contributed by atoms with Crippen LogP contribution in [0.25, 0.3) is 0 Å². The quantitative estimate of drug-likeness (QED) is 0.501. The number of rotatable bonds is 8. The number of hydrogen-bond acceptors (Lipinski definition) is 5. The molecule has 0 bridgehead atoms. The Labute approximate surface area is 185 Å². The van der Waals surface area contributed by atoms with E-state index in [2.05, 4.69) is 10.3 Å². The van der Waals surface area contributed by atoms with E-state index in [9.17, 15) is 9.59 Å². The first-order valence-corrected chi connectivity index (χ1v) is 11.6. The molecule has 0 saturated carbocycles. The number of nitrogens with one attached hydrogen (secondary N) is 1. The van der Waals surface area contributed by atoms with Gasteiger partial charge in [0.05, 0.1) is 6.54 Å². The number of nitrogens with zero attached hydrogens (tertiary/aromatic N) is 2. The standard InChI is InChI=1S/C23H25N3O2S2/c1-4-18-7-5-6-8-20(18)25-21(27)13-26(3)22(28)19-11-9-17(10-12-19)15-30-23-24-16(2)14-29-23/h5-12,14H,4,13,15H2,1-3H3,(H,25,27). The molecule has 0 aliphatic carbocycles. The van der Waals surface area contributed by atoms with Gasteiger partial charge >= 0.3 is 0 Å². The van der Waals surface area contributed by atoms with Crippen molar-refractivity contribution in [3.63, 3.8) is 0 Å². The molecule has 7 heteroatoms. The minimum Gasteiger partial charge on any atom is -0.332 e. The fraction of sp³-hybridized carbons (Fsp3) is 0.261. The summed E-state index contributed by atoms with van der Waals surface area (Å²) in [5.41, 5.74) is 4.59. The monoisotopic (exact) mass is 439 g/mol.